The molecule has 0 bridgehead atoms. The Morgan fingerprint density at radius 1 is 1.32 bits per heavy atom. The zero-order valence-electron chi connectivity index (χ0n) is 11.8. The van der Waals surface area contributed by atoms with Crippen molar-refractivity contribution in [1.29, 1.82) is 0 Å². The highest BCUT2D eigenvalue weighted by Gasteiger charge is 2.31. The second kappa shape index (κ2) is 5.97. The molecule has 1 saturated heterocycles. The van der Waals surface area contributed by atoms with E-state index in [0.29, 0.717) is 30.1 Å². The van der Waals surface area contributed by atoms with Gasteiger partial charge < -0.3 is 5.32 Å². The van der Waals surface area contributed by atoms with E-state index >= 15 is 0 Å². The van der Waals surface area contributed by atoms with Gasteiger partial charge in [0, 0.05) is 36.8 Å². The molecule has 0 aromatic heterocycles. The molecule has 2 nitrogen and oxygen atoms in total. The maximum Gasteiger partial charge on any atom is 0.130 e. The highest BCUT2D eigenvalue weighted by atomic mass is 19.1. The molecule has 3 atom stereocenters. The molecule has 1 aliphatic heterocycles. The van der Waals surface area contributed by atoms with Crippen molar-refractivity contribution in [2.75, 3.05) is 13.6 Å². The average Bonchev–Trinajstić information content (AvgIpc) is 2.38. The van der Waals surface area contributed by atoms with Crippen molar-refractivity contribution in [2.45, 2.75) is 38.9 Å². The number of halogens is 2. The molecule has 0 spiro atoms. The van der Waals surface area contributed by atoms with Crippen LogP contribution in [0, 0.1) is 17.6 Å². The first kappa shape index (κ1) is 14.4. The summed E-state index contributed by atoms with van der Waals surface area (Å²) in [5, 5.41) is 3.34. The lowest BCUT2D eigenvalue weighted by atomic mass is 9.87. The van der Waals surface area contributed by atoms with Crippen LogP contribution in [-0.2, 0) is 6.54 Å². The summed E-state index contributed by atoms with van der Waals surface area (Å²) < 4.78 is 26.6. The summed E-state index contributed by atoms with van der Waals surface area (Å²) in [4.78, 5) is 2.27. The number of nitrogens with one attached hydrogen (secondary N) is 1. The number of hydrogen-bond acceptors (Lipinski definition) is 2. The molecular weight excluding hydrogens is 246 g/mol. The molecule has 1 aliphatic rings. The van der Waals surface area contributed by atoms with E-state index in [-0.39, 0.29) is 0 Å². The Hall–Kier alpha value is -1.00. The highest BCUT2D eigenvalue weighted by molar-refractivity contribution is 5.18. The smallest absolute Gasteiger partial charge is 0.130 e. The van der Waals surface area contributed by atoms with Crippen LogP contribution in [0.2, 0.25) is 0 Å². The summed E-state index contributed by atoms with van der Waals surface area (Å²) in [5.41, 5.74) is 0.573. The number of rotatable bonds is 3. The molecule has 0 saturated carbocycles. The van der Waals surface area contributed by atoms with Gasteiger partial charge in [0.2, 0.25) is 0 Å². The zero-order chi connectivity index (χ0) is 14.0. The van der Waals surface area contributed by atoms with E-state index in [1.165, 1.54) is 6.07 Å². The fourth-order valence-electron chi connectivity index (χ4n) is 2.94. The number of piperidine rings is 1. The minimum Gasteiger partial charge on any atom is -0.317 e. The van der Waals surface area contributed by atoms with Crippen LogP contribution in [0.3, 0.4) is 0 Å². The number of likely N-dealkylation sites (tertiary alicyclic amines) is 1. The summed E-state index contributed by atoms with van der Waals surface area (Å²) in [7, 11) is 1.99. The SMILES string of the molecule is CNC1CCN(Cc2ccc(F)cc2F)C(C)C1C. The van der Waals surface area contributed by atoms with Gasteiger partial charge in [0.15, 0.2) is 0 Å². The minimum atomic E-state index is -0.517. The summed E-state index contributed by atoms with van der Waals surface area (Å²) in [5.74, 6) is -0.450. The second-order valence-electron chi connectivity index (χ2n) is 5.49. The van der Waals surface area contributed by atoms with Crippen LogP contribution in [0.4, 0.5) is 8.78 Å². The summed E-state index contributed by atoms with van der Waals surface area (Å²) in [6, 6.07) is 4.74. The maximum atomic E-state index is 13.7. The Balaban J connectivity index is 2.07. The van der Waals surface area contributed by atoms with Crippen LogP contribution in [0.5, 0.6) is 0 Å². The first-order valence-corrected chi connectivity index (χ1v) is 6.88. The number of hydrogen-bond donors (Lipinski definition) is 1. The van der Waals surface area contributed by atoms with E-state index in [1.807, 2.05) is 7.05 Å². The minimum absolute atomic E-state index is 0.385. The Kier molecular flexibility index (Phi) is 4.53. The van der Waals surface area contributed by atoms with Crippen LogP contribution in [-0.4, -0.2) is 30.6 Å². The van der Waals surface area contributed by atoms with Gasteiger partial charge in [0.05, 0.1) is 0 Å². The second-order valence-corrected chi connectivity index (χ2v) is 5.49. The van der Waals surface area contributed by atoms with E-state index in [0.717, 1.165) is 19.0 Å². The monoisotopic (exact) mass is 268 g/mol. The van der Waals surface area contributed by atoms with Gasteiger partial charge in [-0.15, -0.1) is 0 Å². The molecule has 19 heavy (non-hydrogen) atoms. The van der Waals surface area contributed by atoms with Gasteiger partial charge in [-0.05, 0) is 32.4 Å². The van der Waals surface area contributed by atoms with Crippen LogP contribution < -0.4 is 5.32 Å². The third-order valence-electron chi connectivity index (χ3n) is 4.46. The Bertz CT molecular complexity index is 436. The van der Waals surface area contributed by atoms with Crippen molar-refractivity contribution in [3.05, 3.63) is 35.4 Å². The first-order chi connectivity index (χ1) is 9.02. The Morgan fingerprint density at radius 3 is 2.68 bits per heavy atom. The third kappa shape index (κ3) is 3.12. The number of benzene rings is 1. The molecule has 0 aliphatic carbocycles. The molecule has 1 fully saturated rings. The summed E-state index contributed by atoms with van der Waals surface area (Å²) >= 11 is 0. The summed E-state index contributed by atoms with van der Waals surface area (Å²) in [6.45, 7) is 5.89. The molecular formula is C15H22F2N2. The van der Waals surface area contributed by atoms with Gasteiger partial charge in [-0.25, -0.2) is 8.78 Å². The van der Waals surface area contributed by atoms with Crippen LogP contribution in [0.1, 0.15) is 25.8 Å². The average molecular weight is 268 g/mol. The van der Waals surface area contributed by atoms with Gasteiger partial charge in [-0.3, -0.25) is 4.90 Å². The molecule has 2 rings (SSSR count). The van der Waals surface area contributed by atoms with E-state index in [4.69, 9.17) is 0 Å². The lowest BCUT2D eigenvalue weighted by Crippen LogP contribution is -2.52. The standard InChI is InChI=1S/C15H22F2N2/c1-10-11(2)19(7-6-15(10)18-3)9-12-4-5-13(16)8-14(12)17/h4-5,8,10-11,15,18H,6-7,9H2,1-3H3. The fourth-order valence-corrected chi connectivity index (χ4v) is 2.94. The van der Waals surface area contributed by atoms with E-state index in [9.17, 15) is 8.78 Å². The van der Waals surface area contributed by atoms with Crippen LogP contribution >= 0.6 is 0 Å². The quantitative estimate of drug-likeness (QED) is 0.907. The molecule has 1 N–H and O–H groups in total. The van der Waals surface area contributed by atoms with Crippen LogP contribution in [0.15, 0.2) is 18.2 Å². The normalized spacial score (nSPS) is 28.6. The van der Waals surface area contributed by atoms with Crippen molar-refractivity contribution in [3.63, 3.8) is 0 Å². The predicted molar refractivity (Wildman–Crippen MR) is 72.9 cm³/mol. The van der Waals surface area contributed by atoms with E-state index in [1.54, 1.807) is 6.07 Å². The molecule has 1 heterocycles. The van der Waals surface area contributed by atoms with Crippen LogP contribution in [0.25, 0.3) is 0 Å². The van der Waals surface area contributed by atoms with E-state index < -0.39 is 11.6 Å². The fraction of sp³-hybridized carbons (Fsp3) is 0.600. The van der Waals surface area contributed by atoms with Crippen molar-refractivity contribution < 1.29 is 8.78 Å². The topological polar surface area (TPSA) is 15.3 Å². The van der Waals surface area contributed by atoms with Gasteiger partial charge in [0.25, 0.3) is 0 Å². The highest BCUT2D eigenvalue weighted by Crippen LogP contribution is 2.25. The zero-order valence-corrected chi connectivity index (χ0v) is 11.8. The maximum absolute atomic E-state index is 13.7. The van der Waals surface area contributed by atoms with E-state index in [2.05, 4.69) is 24.1 Å². The van der Waals surface area contributed by atoms with Crippen molar-refractivity contribution in [2.24, 2.45) is 5.92 Å². The molecule has 0 radical (unpaired) electrons. The molecule has 1 aromatic rings. The van der Waals surface area contributed by atoms with Crippen molar-refractivity contribution in [1.82, 2.24) is 10.2 Å². The lowest BCUT2D eigenvalue weighted by molar-refractivity contribution is 0.0801. The lowest BCUT2D eigenvalue weighted by Gasteiger charge is -2.42. The molecule has 0 amide bonds. The third-order valence-corrected chi connectivity index (χ3v) is 4.46. The van der Waals surface area contributed by atoms with Crippen molar-refractivity contribution >= 4 is 0 Å². The Morgan fingerprint density at radius 2 is 2.05 bits per heavy atom. The predicted octanol–water partition coefficient (Wildman–Crippen LogP) is 2.78. The summed E-state index contributed by atoms with van der Waals surface area (Å²) in [6.07, 6.45) is 1.06. The largest absolute Gasteiger partial charge is 0.317 e. The molecule has 4 heteroatoms. The van der Waals surface area contributed by atoms with Gasteiger partial charge in [0.1, 0.15) is 11.6 Å². The van der Waals surface area contributed by atoms with Gasteiger partial charge in [-0.1, -0.05) is 13.0 Å². The van der Waals surface area contributed by atoms with Crippen molar-refractivity contribution in [3.8, 4) is 0 Å². The Labute approximate surface area is 113 Å². The van der Waals surface area contributed by atoms with Gasteiger partial charge in [-0.2, -0.15) is 0 Å². The molecule has 106 valence electrons. The first-order valence-electron chi connectivity index (χ1n) is 6.88. The molecule has 3 unspecified atom stereocenters. The van der Waals surface area contributed by atoms with Gasteiger partial charge >= 0.3 is 0 Å². The number of nitrogens with zero attached hydrogens (tertiary/aromatic N) is 1. The molecule has 1 aromatic carbocycles.